The lowest BCUT2D eigenvalue weighted by atomic mass is 9.88. The van der Waals surface area contributed by atoms with Gasteiger partial charge in [0.05, 0.1) is 5.54 Å². The number of likely N-dealkylation sites (N-methyl/N-ethyl adjacent to an activating group) is 1. The molecule has 1 aliphatic rings. The molecular weight excluding hydrogens is 432 g/mol. The van der Waals surface area contributed by atoms with Gasteiger partial charge in [0.25, 0.3) is 5.91 Å². The number of allylic oxidation sites excluding steroid dienone is 1. The Bertz CT molecular complexity index is 1340. The molecule has 0 atom stereocenters. The van der Waals surface area contributed by atoms with E-state index in [0.29, 0.717) is 23.6 Å². The van der Waals surface area contributed by atoms with Crippen LogP contribution in [0.1, 0.15) is 37.5 Å². The van der Waals surface area contributed by atoms with Gasteiger partial charge in [-0.05, 0) is 68.2 Å². The number of aromatic nitrogens is 1. The van der Waals surface area contributed by atoms with Crippen LogP contribution in [0.2, 0.25) is 5.02 Å². The summed E-state index contributed by atoms with van der Waals surface area (Å²) in [5.41, 5.74) is 5.97. The van der Waals surface area contributed by atoms with Gasteiger partial charge in [0, 0.05) is 47.0 Å². The molecule has 0 fully saturated rings. The van der Waals surface area contributed by atoms with Gasteiger partial charge in [0.15, 0.2) is 0 Å². The third kappa shape index (κ3) is 4.40. The van der Waals surface area contributed by atoms with E-state index in [4.69, 9.17) is 11.6 Å². The Morgan fingerprint density at radius 1 is 1.30 bits per heavy atom. The standard InChI is InChI=1S/C27H27ClN4O/c1-17-14-27(2,3)32(4)25-13-23(28)19(12-22(17)25)11-20(15-29)26(33)30-10-9-18-16-31-24-8-6-5-7-21(18)24/h5-8,11-14,16,31H,9-10H2,1-4H3,(H,30,33)/b20-11-. The molecule has 0 unspecified atom stereocenters. The lowest BCUT2D eigenvalue weighted by Gasteiger charge is -2.40. The van der Waals surface area contributed by atoms with Crippen molar-refractivity contribution in [2.24, 2.45) is 0 Å². The number of carbonyl (C=O) groups is 1. The van der Waals surface area contributed by atoms with E-state index < -0.39 is 5.91 Å². The average Bonchev–Trinajstić information content (AvgIpc) is 3.19. The average molecular weight is 459 g/mol. The molecule has 2 aromatic carbocycles. The monoisotopic (exact) mass is 458 g/mol. The zero-order valence-electron chi connectivity index (χ0n) is 19.3. The van der Waals surface area contributed by atoms with Gasteiger partial charge in [0.2, 0.25) is 0 Å². The van der Waals surface area contributed by atoms with Gasteiger partial charge >= 0.3 is 0 Å². The highest BCUT2D eigenvalue weighted by molar-refractivity contribution is 6.32. The zero-order valence-corrected chi connectivity index (χ0v) is 20.0. The Kier molecular flexibility index (Phi) is 6.05. The van der Waals surface area contributed by atoms with Crippen LogP contribution in [0.15, 0.2) is 54.2 Å². The van der Waals surface area contributed by atoms with Gasteiger partial charge in [-0.2, -0.15) is 5.26 Å². The third-order valence-corrected chi connectivity index (χ3v) is 6.68. The number of nitriles is 1. The van der Waals surface area contributed by atoms with Crippen molar-refractivity contribution in [1.29, 1.82) is 5.26 Å². The van der Waals surface area contributed by atoms with E-state index in [9.17, 15) is 10.1 Å². The molecule has 0 saturated carbocycles. The van der Waals surface area contributed by atoms with Crippen molar-refractivity contribution >= 4 is 45.7 Å². The van der Waals surface area contributed by atoms with Crippen molar-refractivity contribution < 1.29 is 4.79 Å². The van der Waals surface area contributed by atoms with Gasteiger partial charge in [-0.25, -0.2) is 0 Å². The topological polar surface area (TPSA) is 71.9 Å². The predicted octanol–water partition coefficient (Wildman–Crippen LogP) is 5.72. The lowest BCUT2D eigenvalue weighted by Crippen LogP contribution is -2.42. The fourth-order valence-electron chi connectivity index (χ4n) is 4.35. The minimum absolute atomic E-state index is 0.0295. The van der Waals surface area contributed by atoms with Gasteiger partial charge < -0.3 is 15.2 Å². The molecule has 2 heterocycles. The summed E-state index contributed by atoms with van der Waals surface area (Å²) in [7, 11) is 2.04. The molecule has 5 nitrogen and oxygen atoms in total. The van der Waals surface area contributed by atoms with E-state index in [-0.39, 0.29) is 11.1 Å². The summed E-state index contributed by atoms with van der Waals surface area (Å²) in [6.07, 6.45) is 6.40. The summed E-state index contributed by atoms with van der Waals surface area (Å²) in [6.45, 7) is 6.79. The molecule has 3 aromatic rings. The molecule has 168 valence electrons. The molecule has 4 rings (SSSR count). The van der Waals surface area contributed by atoms with Crippen LogP contribution >= 0.6 is 11.6 Å². The Morgan fingerprint density at radius 2 is 2.06 bits per heavy atom. The van der Waals surface area contributed by atoms with Crippen molar-refractivity contribution in [2.75, 3.05) is 18.5 Å². The fourth-order valence-corrected chi connectivity index (χ4v) is 4.56. The first-order valence-electron chi connectivity index (χ1n) is 10.9. The van der Waals surface area contributed by atoms with Crippen LogP contribution in [0.5, 0.6) is 0 Å². The molecule has 0 bridgehead atoms. The minimum Gasteiger partial charge on any atom is -0.365 e. The summed E-state index contributed by atoms with van der Waals surface area (Å²) in [4.78, 5) is 18.1. The highest BCUT2D eigenvalue weighted by Gasteiger charge is 2.29. The number of amides is 1. The van der Waals surface area contributed by atoms with E-state index in [1.807, 2.05) is 49.6 Å². The number of para-hydroxylation sites is 1. The summed E-state index contributed by atoms with van der Waals surface area (Å²) in [6, 6.07) is 13.9. The Labute approximate surface area is 199 Å². The second-order valence-corrected chi connectivity index (χ2v) is 9.37. The van der Waals surface area contributed by atoms with Gasteiger partial charge in [-0.1, -0.05) is 35.9 Å². The number of benzene rings is 2. The minimum atomic E-state index is -0.406. The van der Waals surface area contributed by atoms with Crippen LogP contribution in [0.4, 0.5) is 5.69 Å². The second-order valence-electron chi connectivity index (χ2n) is 8.97. The van der Waals surface area contributed by atoms with E-state index in [0.717, 1.165) is 33.3 Å². The van der Waals surface area contributed by atoms with Gasteiger partial charge in [-0.15, -0.1) is 0 Å². The highest BCUT2D eigenvalue weighted by atomic mass is 35.5. The van der Waals surface area contributed by atoms with Crippen LogP contribution in [-0.2, 0) is 11.2 Å². The summed E-state index contributed by atoms with van der Waals surface area (Å²) in [5.74, 6) is -0.406. The maximum atomic E-state index is 12.7. The molecule has 33 heavy (non-hydrogen) atoms. The molecule has 6 heteroatoms. The Balaban J connectivity index is 1.52. The molecular formula is C27H27ClN4O. The van der Waals surface area contributed by atoms with Crippen molar-refractivity contribution in [3.8, 4) is 6.07 Å². The number of nitrogens with zero attached hydrogens (tertiary/aromatic N) is 2. The number of anilines is 1. The predicted molar refractivity (Wildman–Crippen MR) is 136 cm³/mol. The van der Waals surface area contributed by atoms with Crippen LogP contribution in [0.25, 0.3) is 22.6 Å². The first-order chi connectivity index (χ1) is 15.7. The summed E-state index contributed by atoms with van der Waals surface area (Å²) >= 11 is 6.57. The number of halogens is 1. The Hall–Kier alpha value is -3.49. The molecule has 0 spiro atoms. The second kappa shape index (κ2) is 8.80. The van der Waals surface area contributed by atoms with E-state index in [1.54, 1.807) is 6.08 Å². The van der Waals surface area contributed by atoms with E-state index in [1.165, 1.54) is 0 Å². The summed E-state index contributed by atoms with van der Waals surface area (Å²) < 4.78 is 0. The molecule has 2 N–H and O–H groups in total. The number of nitrogens with one attached hydrogen (secondary N) is 2. The number of hydrogen-bond donors (Lipinski definition) is 2. The van der Waals surface area contributed by atoms with Gasteiger partial charge in [-0.3, -0.25) is 4.79 Å². The smallest absolute Gasteiger partial charge is 0.261 e. The number of H-pyrrole nitrogens is 1. The van der Waals surface area contributed by atoms with Crippen molar-refractivity contribution in [2.45, 2.75) is 32.7 Å². The van der Waals surface area contributed by atoms with Crippen molar-refractivity contribution in [1.82, 2.24) is 10.3 Å². The summed E-state index contributed by atoms with van der Waals surface area (Å²) in [5, 5.41) is 14.1. The lowest BCUT2D eigenvalue weighted by molar-refractivity contribution is -0.117. The van der Waals surface area contributed by atoms with Crippen molar-refractivity contribution in [3.05, 3.63) is 76.0 Å². The quantitative estimate of drug-likeness (QED) is 0.379. The molecule has 1 aromatic heterocycles. The molecule has 0 radical (unpaired) electrons. The SMILES string of the molecule is CC1=CC(C)(C)N(C)c2cc(Cl)c(/C=C(/C#N)C(=O)NCCc3c[nH]c4ccccc34)cc21. The highest BCUT2D eigenvalue weighted by Crippen LogP contribution is 2.40. The first kappa shape index (κ1) is 22.7. The maximum absolute atomic E-state index is 12.7. The van der Waals surface area contributed by atoms with Crippen molar-refractivity contribution in [3.63, 3.8) is 0 Å². The van der Waals surface area contributed by atoms with E-state index >= 15 is 0 Å². The zero-order chi connectivity index (χ0) is 23.8. The molecule has 0 aliphatic carbocycles. The van der Waals surface area contributed by atoms with Gasteiger partial charge in [0.1, 0.15) is 11.6 Å². The Morgan fingerprint density at radius 3 is 2.82 bits per heavy atom. The first-order valence-corrected chi connectivity index (χ1v) is 11.3. The van der Waals surface area contributed by atoms with Crippen LogP contribution in [0, 0.1) is 11.3 Å². The molecule has 1 aliphatic heterocycles. The molecule has 1 amide bonds. The largest absolute Gasteiger partial charge is 0.365 e. The van der Waals surface area contributed by atoms with Crippen LogP contribution in [0.3, 0.4) is 0 Å². The van der Waals surface area contributed by atoms with E-state index in [2.05, 4.69) is 48.1 Å². The fraction of sp³-hybridized carbons (Fsp3) is 0.259. The van der Waals surface area contributed by atoms with Crippen LogP contribution in [-0.4, -0.2) is 30.0 Å². The maximum Gasteiger partial charge on any atom is 0.261 e. The number of carbonyl (C=O) groups excluding carboxylic acids is 1. The third-order valence-electron chi connectivity index (χ3n) is 6.36. The molecule has 0 saturated heterocycles. The van der Waals surface area contributed by atoms with Crippen LogP contribution < -0.4 is 10.2 Å². The number of aromatic amines is 1. The number of fused-ring (bicyclic) bond motifs is 2. The normalized spacial score (nSPS) is 15.1. The number of hydrogen-bond acceptors (Lipinski definition) is 3. The number of rotatable bonds is 5.